The maximum absolute atomic E-state index is 12.8. The Labute approximate surface area is 133 Å². The van der Waals surface area contributed by atoms with Gasteiger partial charge in [0.1, 0.15) is 0 Å². The molecule has 0 saturated carbocycles. The Morgan fingerprint density at radius 3 is 2.64 bits per heavy atom. The topological polar surface area (TPSA) is 49.9 Å². The SMILES string of the molecule is COCCN1CC[C@@]2(CCCN(C(=O)C=C(C)C)CC2)C1=O. The predicted octanol–water partition coefficient (Wildman–Crippen LogP) is 1.83. The first-order chi connectivity index (χ1) is 10.5. The molecule has 2 amide bonds. The highest BCUT2D eigenvalue weighted by atomic mass is 16.5. The first-order valence-electron chi connectivity index (χ1n) is 8.21. The fourth-order valence-electron chi connectivity index (χ4n) is 3.52. The lowest BCUT2D eigenvalue weighted by Crippen LogP contribution is -2.37. The highest BCUT2D eigenvalue weighted by molar-refractivity contribution is 5.88. The molecule has 0 aromatic heterocycles. The van der Waals surface area contributed by atoms with Crippen LogP contribution in [0.3, 0.4) is 0 Å². The van der Waals surface area contributed by atoms with E-state index in [4.69, 9.17) is 4.74 Å². The van der Waals surface area contributed by atoms with Crippen molar-refractivity contribution in [1.29, 1.82) is 0 Å². The van der Waals surface area contributed by atoms with Crippen LogP contribution >= 0.6 is 0 Å². The second-order valence-corrected chi connectivity index (χ2v) is 6.72. The number of hydrogen-bond acceptors (Lipinski definition) is 3. The number of likely N-dealkylation sites (tertiary alicyclic amines) is 2. The summed E-state index contributed by atoms with van der Waals surface area (Å²) < 4.78 is 5.08. The third kappa shape index (κ3) is 3.69. The van der Waals surface area contributed by atoms with Crippen molar-refractivity contribution >= 4 is 11.8 Å². The molecule has 0 unspecified atom stereocenters. The van der Waals surface area contributed by atoms with Crippen LogP contribution in [0.4, 0.5) is 0 Å². The van der Waals surface area contributed by atoms with Gasteiger partial charge in [-0.1, -0.05) is 5.57 Å². The van der Waals surface area contributed by atoms with Gasteiger partial charge in [-0.2, -0.15) is 0 Å². The van der Waals surface area contributed by atoms with Gasteiger partial charge in [-0.3, -0.25) is 9.59 Å². The number of rotatable bonds is 4. The number of carbonyl (C=O) groups excluding carboxylic acids is 2. The molecule has 124 valence electrons. The summed E-state index contributed by atoms with van der Waals surface area (Å²) in [5.74, 6) is 0.347. The molecule has 5 heteroatoms. The highest BCUT2D eigenvalue weighted by Gasteiger charge is 2.46. The van der Waals surface area contributed by atoms with Crippen molar-refractivity contribution in [1.82, 2.24) is 9.80 Å². The second-order valence-electron chi connectivity index (χ2n) is 6.72. The van der Waals surface area contributed by atoms with Crippen LogP contribution in [0.1, 0.15) is 39.5 Å². The average Bonchev–Trinajstić information content (AvgIpc) is 2.64. The van der Waals surface area contributed by atoms with Crippen LogP contribution in [0.15, 0.2) is 11.6 Å². The summed E-state index contributed by atoms with van der Waals surface area (Å²) >= 11 is 0. The third-order valence-electron chi connectivity index (χ3n) is 4.83. The molecule has 1 spiro atoms. The van der Waals surface area contributed by atoms with E-state index in [1.54, 1.807) is 13.2 Å². The maximum atomic E-state index is 12.8. The maximum Gasteiger partial charge on any atom is 0.246 e. The normalized spacial score (nSPS) is 25.5. The molecule has 0 aromatic rings. The Kier molecular flexibility index (Phi) is 5.62. The molecular weight excluding hydrogens is 280 g/mol. The van der Waals surface area contributed by atoms with Crippen molar-refractivity contribution in [2.45, 2.75) is 39.5 Å². The zero-order valence-corrected chi connectivity index (χ0v) is 14.1. The summed E-state index contributed by atoms with van der Waals surface area (Å²) in [7, 11) is 1.66. The zero-order valence-electron chi connectivity index (χ0n) is 14.1. The van der Waals surface area contributed by atoms with Crippen molar-refractivity contribution in [3.8, 4) is 0 Å². The molecule has 2 heterocycles. The molecule has 2 aliphatic heterocycles. The molecule has 0 N–H and O–H groups in total. The van der Waals surface area contributed by atoms with Gasteiger partial charge >= 0.3 is 0 Å². The van der Waals surface area contributed by atoms with Crippen LogP contribution in [-0.2, 0) is 14.3 Å². The van der Waals surface area contributed by atoms with Crippen LogP contribution in [0.5, 0.6) is 0 Å². The Hall–Kier alpha value is -1.36. The summed E-state index contributed by atoms with van der Waals surface area (Å²) in [6.07, 6.45) is 5.21. The van der Waals surface area contributed by atoms with E-state index >= 15 is 0 Å². The number of methoxy groups -OCH3 is 1. The van der Waals surface area contributed by atoms with E-state index in [0.717, 1.165) is 44.3 Å². The standard InChI is InChI=1S/C17H28N2O3/c1-14(2)13-15(20)18-8-4-5-17(6-9-18)7-10-19(16(17)21)11-12-22-3/h13H,4-12H2,1-3H3/t17-/m0/s1. The first-order valence-corrected chi connectivity index (χ1v) is 8.21. The van der Waals surface area contributed by atoms with Crippen LogP contribution < -0.4 is 0 Å². The molecule has 2 aliphatic rings. The first kappa shape index (κ1) is 17.0. The Balaban J connectivity index is 1.99. The van der Waals surface area contributed by atoms with E-state index in [0.29, 0.717) is 19.7 Å². The number of nitrogens with zero attached hydrogens (tertiary/aromatic N) is 2. The molecule has 2 saturated heterocycles. The van der Waals surface area contributed by atoms with E-state index in [2.05, 4.69) is 0 Å². The largest absolute Gasteiger partial charge is 0.383 e. The van der Waals surface area contributed by atoms with Crippen LogP contribution in [0.2, 0.25) is 0 Å². The van der Waals surface area contributed by atoms with E-state index in [9.17, 15) is 9.59 Å². The number of hydrogen-bond donors (Lipinski definition) is 0. The lowest BCUT2D eigenvalue weighted by molar-refractivity contribution is -0.137. The monoisotopic (exact) mass is 308 g/mol. The van der Waals surface area contributed by atoms with E-state index in [-0.39, 0.29) is 17.2 Å². The molecular formula is C17H28N2O3. The van der Waals surface area contributed by atoms with Crippen molar-refractivity contribution in [2.24, 2.45) is 5.41 Å². The Bertz CT molecular complexity index is 457. The zero-order chi connectivity index (χ0) is 16.2. The molecule has 2 rings (SSSR count). The molecule has 1 atom stereocenters. The van der Waals surface area contributed by atoms with Crippen LogP contribution in [0, 0.1) is 5.41 Å². The lowest BCUT2D eigenvalue weighted by Gasteiger charge is -2.26. The third-order valence-corrected chi connectivity index (χ3v) is 4.83. The number of amides is 2. The Morgan fingerprint density at radius 1 is 1.23 bits per heavy atom. The van der Waals surface area contributed by atoms with E-state index < -0.39 is 0 Å². The lowest BCUT2D eigenvalue weighted by atomic mass is 9.79. The smallest absolute Gasteiger partial charge is 0.246 e. The number of ether oxygens (including phenoxy) is 1. The average molecular weight is 308 g/mol. The van der Waals surface area contributed by atoms with Crippen molar-refractivity contribution < 1.29 is 14.3 Å². The molecule has 0 aliphatic carbocycles. The molecule has 0 bridgehead atoms. The molecule has 0 aromatic carbocycles. The van der Waals surface area contributed by atoms with Gasteiger partial charge < -0.3 is 14.5 Å². The van der Waals surface area contributed by atoms with Gasteiger partial charge in [-0.25, -0.2) is 0 Å². The molecule has 2 fully saturated rings. The predicted molar refractivity (Wildman–Crippen MR) is 85.4 cm³/mol. The Morgan fingerprint density at radius 2 is 1.95 bits per heavy atom. The summed E-state index contributed by atoms with van der Waals surface area (Å²) in [6, 6.07) is 0. The summed E-state index contributed by atoms with van der Waals surface area (Å²) in [5, 5.41) is 0. The number of carbonyl (C=O) groups is 2. The van der Waals surface area contributed by atoms with Gasteiger partial charge in [0.05, 0.1) is 12.0 Å². The fraction of sp³-hybridized carbons (Fsp3) is 0.765. The second kappa shape index (κ2) is 7.27. The van der Waals surface area contributed by atoms with Gasteiger partial charge in [0.15, 0.2) is 0 Å². The van der Waals surface area contributed by atoms with Crippen LogP contribution in [-0.4, -0.2) is 61.5 Å². The quantitative estimate of drug-likeness (QED) is 0.745. The highest BCUT2D eigenvalue weighted by Crippen LogP contribution is 2.41. The van der Waals surface area contributed by atoms with Gasteiger partial charge in [0, 0.05) is 39.4 Å². The van der Waals surface area contributed by atoms with Crippen molar-refractivity contribution in [3.63, 3.8) is 0 Å². The van der Waals surface area contributed by atoms with Crippen molar-refractivity contribution in [2.75, 3.05) is 39.9 Å². The fourth-order valence-corrected chi connectivity index (χ4v) is 3.52. The van der Waals surface area contributed by atoms with Crippen LogP contribution in [0.25, 0.3) is 0 Å². The minimum absolute atomic E-state index is 0.0822. The van der Waals surface area contributed by atoms with Gasteiger partial charge in [0.2, 0.25) is 11.8 Å². The van der Waals surface area contributed by atoms with Gasteiger partial charge in [-0.15, -0.1) is 0 Å². The van der Waals surface area contributed by atoms with Gasteiger partial charge in [0.25, 0.3) is 0 Å². The molecule has 0 radical (unpaired) electrons. The molecule has 5 nitrogen and oxygen atoms in total. The minimum atomic E-state index is -0.242. The summed E-state index contributed by atoms with van der Waals surface area (Å²) in [4.78, 5) is 28.8. The number of allylic oxidation sites excluding steroid dienone is 1. The summed E-state index contributed by atoms with van der Waals surface area (Å²) in [5.41, 5.74) is 0.778. The molecule has 22 heavy (non-hydrogen) atoms. The van der Waals surface area contributed by atoms with Crippen molar-refractivity contribution in [3.05, 3.63) is 11.6 Å². The van der Waals surface area contributed by atoms with Gasteiger partial charge in [-0.05, 0) is 39.5 Å². The van der Waals surface area contributed by atoms with E-state index in [1.807, 2.05) is 23.6 Å². The summed E-state index contributed by atoms with van der Waals surface area (Å²) in [6.45, 7) is 7.41. The van der Waals surface area contributed by atoms with E-state index in [1.165, 1.54) is 0 Å². The minimum Gasteiger partial charge on any atom is -0.383 e.